The van der Waals surface area contributed by atoms with Crippen LogP contribution < -0.4 is 20.1 Å². The van der Waals surface area contributed by atoms with Crippen LogP contribution in [0.3, 0.4) is 0 Å². The molecule has 1 aliphatic heterocycles. The summed E-state index contributed by atoms with van der Waals surface area (Å²) in [7, 11) is 1.58. The molecule has 4 aromatic rings. The Morgan fingerprint density at radius 2 is 2.08 bits per heavy atom. The molecule has 10 nitrogen and oxygen atoms in total. The van der Waals surface area contributed by atoms with E-state index in [2.05, 4.69) is 37.5 Å². The normalized spacial score (nSPS) is 15.4. The summed E-state index contributed by atoms with van der Waals surface area (Å²) in [6, 6.07) is 7.79. The lowest BCUT2D eigenvalue weighted by Crippen LogP contribution is -2.31. The fraction of sp³-hybridized carbons (Fsp3) is 0.333. The van der Waals surface area contributed by atoms with E-state index in [4.69, 9.17) is 9.47 Å². The highest BCUT2D eigenvalue weighted by Gasteiger charge is 2.20. The van der Waals surface area contributed by atoms with Crippen molar-refractivity contribution in [2.24, 2.45) is 0 Å². The average molecular weight is 538 g/mol. The summed E-state index contributed by atoms with van der Waals surface area (Å²) in [4.78, 5) is 23.5. The number of halogens is 2. The van der Waals surface area contributed by atoms with Gasteiger partial charge in [0.25, 0.3) is 0 Å². The molecule has 1 saturated heterocycles. The number of hydrogen-bond acceptors (Lipinski definition) is 8. The van der Waals surface area contributed by atoms with Crippen molar-refractivity contribution in [1.82, 2.24) is 24.6 Å². The monoisotopic (exact) mass is 537 g/mol. The van der Waals surface area contributed by atoms with Gasteiger partial charge in [0.1, 0.15) is 25.3 Å². The van der Waals surface area contributed by atoms with Gasteiger partial charge in [-0.2, -0.15) is 5.10 Å². The molecule has 1 atom stereocenters. The van der Waals surface area contributed by atoms with Crippen molar-refractivity contribution in [3.8, 4) is 11.5 Å². The summed E-state index contributed by atoms with van der Waals surface area (Å²) in [6.45, 7) is 4.52. The van der Waals surface area contributed by atoms with Gasteiger partial charge in [0, 0.05) is 30.2 Å². The number of carbonyl (C=O) groups is 1. The first kappa shape index (κ1) is 26.3. The van der Waals surface area contributed by atoms with Crippen molar-refractivity contribution < 1.29 is 23.0 Å². The quantitative estimate of drug-likeness (QED) is 0.308. The Kier molecular flexibility index (Phi) is 7.82. The lowest BCUT2D eigenvalue weighted by Gasteiger charge is -2.21. The van der Waals surface area contributed by atoms with Gasteiger partial charge in [-0.1, -0.05) is 6.07 Å². The van der Waals surface area contributed by atoms with Crippen LogP contribution in [0.25, 0.3) is 10.9 Å². The summed E-state index contributed by atoms with van der Waals surface area (Å²) >= 11 is 0. The Hall–Kier alpha value is -4.32. The minimum Gasteiger partial charge on any atom is -0.493 e. The number of likely N-dealkylation sites (tertiary alicyclic amines) is 1. The molecule has 1 amide bonds. The molecule has 204 valence electrons. The number of fused-ring (bicyclic) bond motifs is 1. The Balaban J connectivity index is 1.26. The highest BCUT2D eigenvalue weighted by molar-refractivity contribution is 5.93. The van der Waals surface area contributed by atoms with E-state index < -0.39 is 17.5 Å². The maximum absolute atomic E-state index is 13.8. The summed E-state index contributed by atoms with van der Waals surface area (Å²) in [6.07, 6.45) is 7.00. The first-order chi connectivity index (χ1) is 18.9. The molecule has 2 N–H and O–H groups in total. The third-order valence-electron chi connectivity index (χ3n) is 6.67. The standard InChI is InChI=1S/C27H29F2N7O3/c1-17-5-4-8-35(17)9-10-39-24-12-22-19(11-23(24)38-2)27(31-16-30-22)33-18-13-32-36(14-18)15-25(37)34-21-7-3-6-20(28)26(21)29/h3,6-7,11-14,16-17H,4-5,8-10,15H2,1-2H3,(H,34,37)(H,30,31,33)/t17-/m1/s1. The van der Waals surface area contributed by atoms with Crippen LogP contribution in [0.5, 0.6) is 11.5 Å². The van der Waals surface area contributed by atoms with Gasteiger partial charge in [0.05, 0.1) is 30.2 Å². The lowest BCUT2D eigenvalue weighted by atomic mass is 10.2. The molecule has 0 bridgehead atoms. The van der Waals surface area contributed by atoms with Crippen LogP contribution in [-0.2, 0) is 11.3 Å². The number of amides is 1. The van der Waals surface area contributed by atoms with Crippen molar-refractivity contribution in [1.29, 1.82) is 0 Å². The molecule has 12 heteroatoms. The minimum absolute atomic E-state index is 0.202. The SMILES string of the molecule is COc1cc2c(Nc3cnn(CC(=O)Nc4cccc(F)c4F)c3)ncnc2cc1OCCN1CCC[C@H]1C. The molecule has 0 saturated carbocycles. The first-order valence-electron chi connectivity index (χ1n) is 12.6. The van der Waals surface area contributed by atoms with Crippen LogP contribution in [0.2, 0.25) is 0 Å². The molecule has 2 aromatic carbocycles. The summed E-state index contributed by atoms with van der Waals surface area (Å²) in [5.41, 5.74) is 1.00. The van der Waals surface area contributed by atoms with Crippen LogP contribution in [0.1, 0.15) is 19.8 Å². The molecule has 0 unspecified atom stereocenters. The van der Waals surface area contributed by atoms with Crippen molar-refractivity contribution in [3.05, 3.63) is 60.7 Å². The minimum atomic E-state index is -1.12. The zero-order valence-corrected chi connectivity index (χ0v) is 21.7. The van der Waals surface area contributed by atoms with Crippen molar-refractivity contribution in [2.75, 3.05) is 37.4 Å². The molecular formula is C27H29F2N7O3. The first-order valence-corrected chi connectivity index (χ1v) is 12.6. The van der Waals surface area contributed by atoms with Crippen molar-refractivity contribution in [2.45, 2.75) is 32.4 Å². The second-order valence-corrected chi connectivity index (χ2v) is 9.32. The predicted octanol–water partition coefficient (Wildman–Crippen LogP) is 4.36. The number of nitrogens with zero attached hydrogens (tertiary/aromatic N) is 5. The molecule has 0 spiro atoms. The van der Waals surface area contributed by atoms with Crippen LogP contribution in [-0.4, -0.2) is 63.4 Å². The smallest absolute Gasteiger partial charge is 0.246 e. The van der Waals surface area contributed by atoms with Gasteiger partial charge >= 0.3 is 0 Å². The van der Waals surface area contributed by atoms with Crippen LogP contribution in [0.4, 0.5) is 26.0 Å². The largest absolute Gasteiger partial charge is 0.493 e. The average Bonchev–Trinajstić information content (AvgIpc) is 3.54. The lowest BCUT2D eigenvalue weighted by molar-refractivity contribution is -0.116. The number of methoxy groups -OCH3 is 1. The van der Waals surface area contributed by atoms with Crippen LogP contribution >= 0.6 is 0 Å². The van der Waals surface area contributed by atoms with Gasteiger partial charge in [0.15, 0.2) is 23.1 Å². The number of anilines is 3. The van der Waals surface area contributed by atoms with Crippen LogP contribution in [0.15, 0.2) is 49.1 Å². The van der Waals surface area contributed by atoms with E-state index in [1.807, 2.05) is 12.1 Å². The predicted molar refractivity (Wildman–Crippen MR) is 142 cm³/mol. The Labute approximate surface area is 223 Å². The third-order valence-corrected chi connectivity index (χ3v) is 6.67. The van der Waals surface area contributed by atoms with Gasteiger partial charge in [-0.3, -0.25) is 14.4 Å². The fourth-order valence-electron chi connectivity index (χ4n) is 4.62. The maximum Gasteiger partial charge on any atom is 0.246 e. The van der Waals surface area contributed by atoms with Gasteiger partial charge in [-0.15, -0.1) is 0 Å². The highest BCUT2D eigenvalue weighted by Crippen LogP contribution is 2.34. The summed E-state index contributed by atoms with van der Waals surface area (Å²) < 4.78 is 40.2. The van der Waals surface area contributed by atoms with E-state index in [-0.39, 0.29) is 12.2 Å². The second-order valence-electron chi connectivity index (χ2n) is 9.32. The molecule has 1 fully saturated rings. The number of rotatable bonds is 10. The number of carbonyl (C=O) groups excluding carboxylic acids is 1. The van der Waals surface area contributed by atoms with E-state index in [1.165, 1.54) is 42.2 Å². The number of benzene rings is 2. The van der Waals surface area contributed by atoms with E-state index in [1.54, 1.807) is 13.3 Å². The van der Waals surface area contributed by atoms with Gasteiger partial charge in [0.2, 0.25) is 5.91 Å². The summed E-state index contributed by atoms with van der Waals surface area (Å²) in [5.74, 6) is -1.03. The summed E-state index contributed by atoms with van der Waals surface area (Å²) in [5, 5.41) is 10.4. The number of ether oxygens (including phenoxy) is 2. The molecule has 2 aromatic heterocycles. The maximum atomic E-state index is 13.8. The van der Waals surface area contributed by atoms with E-state index in [0.29, 0.717) is 46.6 Å². The Bertz CT molecular complexity index is 1480. The fourth-order valence-corrected chi connectivity index (χ4v) is 4.62. The molecule has 5 rings (SSSR count). The molecule has 39 heavy (non-hydrogen) atoms. The zero-order chi connectivity index (χ0) is 27.4. The molecule has 1 aliphatic rings. The highest BCUT2D eigenvalue weighted by atomic mass is 19.2. The number of nitrogens with one attached hydrogen (secondary N) is 2. The molecule has 0 radical (unpaired) electrons. The Morgan fingerprint density at radius 3 is 2.87 bits per heavy atom. The molecular weight excluding hydrogens is 508 g/mol. The van der Waals surface area contributed by atoms with E-state index in [0.717, 1.165) is 19.2 Å². The number of hydrogen-bond donors (Lipinski definition) is 2. The number of aromatic nitrogens is 4. The van der Waals surface area contributed by atoms with Crippen LogP contribution in [0, 0.1) is 11.6 Å². The van der Waals surface area contributed by atoms with Crippen molar-refractivity contribution >= 4 is 34.0 Å². The third kappa shape index (κ3) is 6.06. The zero-order valence-electron chi connectivity index (χ0n) is 21.7. The second kappa shape index (κ2) is 11.6. The van der Waals surface area contributed by atoms with Gasteiger partial charge < -0.3 is 20.1 Å². The van der Waals surface area contributed by atoms with E-state index >= 15 is 0 Å². The van der Waals surface area contributed by atoms with Gasteiger partial charge in [-0.05, 0) is 44.5 Å². The van der Waals surface area contributed by atoms with Crippen molar-refractivity contribution in [3.63, 3.8) is 0 Å². The molecule has 3 heterocycles. The topological polar surface area (TPSA) is 106 Å². The van der Waals surface area contributed by atoms with Gasteiger partial charge in [-0.25, -0.2) is 18.7 Å². The van der Waals surface area contributed by atoms with E-state index in [9.17, 15) is 13.6 Å². The molecule has 0 aliphatic carbocycles. The Morgan fingerprint density at radius 1 is 1.21 bits per heavy atom.